The number of hydrogen-bond donors (Lipinski definition) is 1. The van der Waals surface area contributed by atoms with Crippen molar-refractivity contribution in [2.24, 2.45) is 10.7 Å². The van der Waals surface area contributed by atoms with Gasteiger partial charge in [-0.15, -0.1) is 24.0 Å². The Kier molecular flexibility index (Phi) is 6.63. The zero-order chi connectivity index (χ0) is 17.1. The van der Waals surface area contributed by atoms with Crippen molar-refractivity contribution in [3.63, 3.8) is 0 Å². The van der Waals surface area contributed by atoms with Gasteiger partial charge in [0.25, 0.3) is 0 Å². The summed E-state index contributed by atoms with van der Waals surface area (Å²) in [5.41, 5.74) is 9.00. The topological polar surface area (TPSA) is 70.9 Å². The molecule has 0 unspecified atom stereocenters. The van der Waals surface area contributed by atoms with Gasteiger partial charge in [0, 0.05) is 37.4 Å². The standard InChI is InChI=1S/C17H22FN5O.HI/c1-12-16(13(2)24-21-12)11-20-17(19)23-9-7-22(8-10-23)15-5-3-14(18)4-6-15;/h3-6H,7-11H2,1-2H3,(H2,19,20);1H. The Balaban J connectivity index is 0.00000225. The Bertz CT molecular complexity index is 704. The van der Waals surface area contributed by atoms with E-state index in [1.807, 2.05) is 13.8 Å². The molecule has 0 amide bonds. The lowest BCUT2D eigenvalue weighted by Crippen LogP contribution is -2.51. The Morgan fingerprint density at radius 1 is 1.20 bits per heavy atom. The third-order valence-corrected chi connectivity index (χ3v) is 4.38. The molecule has 0 spiro atoms. The molecule has 1 aliphatic rings. The summed E-state index contributed by atoms with van der Waals surface area (Å²) in [6.45, 7) is 7.48. The van der Waals surface area contributed by atoms with E-state index < -0.39 is 0 Å². The number of aryl methyl sites for hydroxylation is 2. The van der Waals surface area contributed by atoms with Gasteiger partial charge in [-0.2, -0.15) is 0 Å². The van der Waals surface area contributed by atoms with Gasteiger partial charge in [0.2, 0.25) is 0 Å². The normalized spacial score (nSPS) is 15.2. The van der Waals surface area contributed by atoms with Crippen LogP contribution >= 0.6 is 24.0 Å². The average molecular weight is 459 g/mol. The number of benzene rings is 1. The summed E-state index contributed by atoms with van der Waals surface area (Å²) >= 11 is 0. The number of anilines is 1. The van der Waals surface area contributed by atoms with Crippen LogP contribution in [0.4, 0.5) is 10.1 Å². The van der Waals surface area contributed by atoms with Gasteiger partial charge in [0.1, 0.15) is 11.6 Å². The second kappa shape index (κ2) is 8.50. The summed E-state index contributed by atoms with van der Waals surface area (Å²) in [7, 11) is 0. The predicted octanol–water partition coefficient (Wildman–Crippen LogP) is 2.69. The smallest absolute Gasteiger partial charge is 0.191 e. The molecule has 0 saturated carbocycles. The molecular weight excluding hydrogens is 436 g/mol. The Labute approximate surface area is 163 Å². The van der Waals surface area contributed by atoms with E-state index >= 15 is 0 Å². The second-order valence-electron chi connectivity index (χ2n) is 5.93. The average Bonchev–Trinajstić information content (AvgIpc) is 2.92. The van der Waals surface area contributed by atoms with E-state index in [0.29, 0.717) is 12.5 Å². The molecule has 2 aromatic rings. The first-order valence-electron chi connectivity index (χ1n) is 8.01. The highest BCUT2D eigenvalue weighted by atomic mass is 127. The molecule has 1 aromatic heterocycles. The first kappa shape index (κ1) is 19.5. The number of nitrogens with two attached hydrogens (primary N) is 1. The quantitative estimate of drug-likeness (QED) is 0.434. The van der Waals surface area contributed by atoms with Crippen LogP contribution in [-0.4, -0.2) is 42.2 Å². The molecular formula is C17H23FIN5O. The van der Waals surface area contributed by atoms with Gasteiger partial charge in [-0.25, -0.2) is 9.38 Å². The SMILES string of the molecule is Cc1noc(C)c1CN=C(N)N1CCN(c2ccc(F)cc2)CC1.I. The predicted molar refractivity (Wildman–Crippen MR) is 107 cm³/mol. The summed E-state index contributed by atoms with van der Waals surface area (Å²) in [4.78, 5) is 8.76. The van der Waals surface area contributed by atoms with E-state index in [4.69, 9.17) is 10.3 Å². The maximum Gasteiger partial charge on any atom is 0.191 e. The Morgan fingerprint density at radius 3 is 2.40 bits per heavy atom. The second-order valence-corrected chi connectivity index (χ2v) is 5.93. The Morgan fingerprint density at radius 2 is 1.84 bits per heavy atom. The Hall–Kier alpha value is -1.84. The van der Waals surface area contributed by atoms with Crippen LogP contribution in [0.1, 0.15) is 17.0 Å². The fourth-order valence-corrected chi connectivity index (χ4v) is 2.83. The monoisotopic (exact) mass is 459 g/mol. The van der Waals surface area contributed by atoms with Crippen LogP contribution in [0.3, 0.4) is 0 Å². The number of aromatic nitrogens is 1. The van der Waals surface area contributed by atoms with E-state index in [1.165, 1.54) is 12.1 Å². The van der Waals surface area contributed by atoms with Crippen LogP contribution in [0.25, 0.3) is 0 Å². The summed E-state index contributed by atoms with van der Waals surface area (Å²) in [6.07, 6.45) is 0. The van der Waals surface area contributed by atoms with Crippen molar-refractivity contribution in [3.8, 4) is 0 Å². The van der Waals surface area contributed by atoms with E-state index in [-0.39, 0.29) is 29.8 Å². The van der Waals surface area contributed by atoms with Gasteiger partial charge in [-0.1, -0.05) is 5.16 Å². The molecule has 8 heteroatoms. The van der Waals surface area contributed by atoms with Crippen LogP contribution < -0.4 is 10.6 Å². The molecule has 1 saturated heterocycles. The third-order valence-electron chi connectivity index (χ3n) is 4.38. The van der Waals surface area contributed by atoms with Crippen molar-refractivity contribution in [1.82, 2.24) is 10.1 Å². The van der Waals surface area contributed by atoms with Crippen LogP contribution in [0.2, 0.25) is 0 Å². The number of piperazine rings is 1. The molecule has 0 atom stereocenters. The molecule has 136 valence electrons. The van der Waals surface area contributed by atoms with E-state index in [9.17, 15) is 4.39 Å². The number of aliphatic imine (C=N–C) groups is 1. The molecule has 0 aliphatic carbocycles. The first-order chi connectivity index (χ1) is 11.5. The molecule has 0 bridgehead atoms. The first-order valence-corrected chi connectivity index (χ1v) is 8.01. The van der Waals surface area contributed by atoms with E-state index in [0.717, 1.165) is 48.9 Å². The zero-order valence-electron chi connectivity index (χ0n) is 14.4. The van der Waals surface area contributed by atoms with Crippen molar-refractivity contribution in [3.05, 3.63) is 47.1 Å². The fourth-order valence-electron chi connectivity index (χ4n) is 2.83. The van der Waals surface area contributed by atoms with Gasteiger partial charge in [-0.3, -0.25) is 0 Å². The van der Waals surface area contributed by atoms with Crippen molar-refractivity contribution in [1.29, 1.82) is 0 Å². The number of hydrogen-bond acceptors (Lipinski definition) is 4. The summed E-state index contributed by atoms with van der Waals surface area (Å²) in [6, 6.07) is 6.59. The minimum Gasteiger partial charge on any atom is -0.370 e. The molecule has 0 radical (unpaired) electrons. The summed E-state index contributed by atoms with van der Waals surface area (Å²) in [5, 5.41) is 3.92. The number of rotatable bonds is 3. The fraction of sp³-hybridized carbons (Fsp3) is 0.412. The number of guanidine groups is 1. The minimum atomic E-state index is -0.215. The largest absolute Gasteiger partial charge is 0.370 e. The van der Waals surface area contributed by atoms with Gasteiger partial charge in [0.05, 0.1) is 12.2 Å². The summed E-state index contributed by atoms with van der Waals surface area (Å²) < 4.78 is 18.1. The van der Waals surface area contributed by atoms with Gasteiger partial charge in [0.15, 0.2) is 5.96 Å². The highest BCUT2D eigenvalue weighted by Gasteiger charge is 2.19. The highest BCUT2D eigenvalue weighted by Crippen LogP contribution is 2.17. The molecule has 2 heterocycles. The maximum atomic E-state index is 13.0. The molecule has 25 heavy (non-hydrogen) atoms. The van der Waals surface area contributed by atoms with Gasteiger partial charge in [-0.05, 0) is 38.1 Å². The van der Waals surface area contributed by atoms with Gasteiger partial charge >= 0.3 is 0 Å². The lowest BCUT2D eigenvalue weighted by atomic mass is 10.2. The van der Waals surface area contributed by atoms with Crippen LogP contribution in [0.15, 0.2) is 33.8 Å². The van der Waals surface area contributed by atoms with Crippen LogP contribution in [-0.2, 0) is 6.54 Å². The van der Waals surface area contributed by atoms with Crippen LogP contribution in [0, 0.1) is 19.7 Å². The molecule has 1 aliphatic heterocycles. The minimum absolute atomic E-state index is 0. The number of halogens is 2. The van der Waals surface area contributed by atoms with Crippen molar-refractivity contribution < 1.29 is 8.91 Å². The molecule has 6 nitrogen and oxygen atoms in total. The summed E-state index contributed by atoms with van der Waals surface area (Å²) in [5.74, 6) is 1.10. The lowest BCUT2D eigenvalue weighted by molar-refractivity contribution is 0.380. The van der Waals surface area contributed by atoms with Crippen molar-refractivity contribution in [2.45, 2.75) is 20.4 Å². The third kappa shape index (κ3) is 4.62. The van der Waals surface area contributed by atoms with Crippen LogP contribution in [0.5, 0.6) is 0 Å². The van der Waals surface area contributed by atoms with E-state index in [2.05, 4.69) is 19.9 Å². The maximum absolute atomic E-state index is 13.0. The lowest BCUT2D eigenvalue weighted by Gasteiger charge is -2.36. The zero-order valence-corrected chi connectivity index (χ0v) is 16.7. The highest BCUT2D eigenvalue weighted by molar-refractivity contribution is 14.0. The number of nitrogens with zero attached hydrogens (tertiary/aromatic N) is 4. The molecule has 3 rings (SSSR count). The van der Waals surface area contributed by atoms with Crippen molar-refractivity contribution >= 4 is 35.6 Å². The molecule has 1 aromatic carbocycles. The molecule has 2 N–H and O–H groups in total. The van der Waals surface area contributed by atoms with E-state index in [1.54, 1.807) is 12.1 Å². The van der Waals surface area contributed by atoms with Crippen molar-refractivity contribution in [2.75, 3.05) is 31.1 Å². The molecule has 1 fully saturated rings. The van der Waals surface area contributed by atoms with Gasteiger partial charge < -0.3 is 20.1 Å².